The molecule has 2 rings (SSSR count). The van der Waals surface area contributed by atoms with Gasteiger partial charge in [0.2, 0.25) is 0 Å². The Morgan fingerprint density at radius 3 is 2.89 bits per heavy atom. The Labute approximate surface area is 109 Å². The number of esters is 1. The van der Waals surface area contributed by atoms with Crippen LogP contribution in [-0.2, 0) is 22.4 Å². The fourth-order valence-corrected chi connectivity index (χ4v) is 2.48. The van der Waals surface area contributed by atoms with Crippen LogP contribution in [0, 0.1) is 11.8 Å². The third kappa shape index (κ3) is 2.66. The Hall–Kier alpha value is -1.51. The summed E-state index contributed by atoms with van der Waals surface area (Å²) < 4.78 is 4.89. The van der Waals surface area contributed by atoms with Gasteiger partial charge in [-0.05, 0) is 36.0 Å². The summed E-state index contributed by atoms with van der Waals surface area (Å²) in [5, 5.41) is 3.35. The van der Waals surface area contributed by atoms with Crippen molar-refractivity contribution in [1.29, 1.82) is 0 Å². The van der Waals surface area contributed by atoms with Crippen LogP contribution in [0.15, 0.2) is 18.2 Å². The topological polar surface area (TPSA) is 38.3 Å². The average molecular weight is 247 g/mol. The van der Waals surface area contributed by atoms with Gasteiger partial charge in [0.1, 0.15) is 0 Å². The van der Waals surface area contributed by atoms with Crippen LogP contribution in [0.5, 0.6) is 0 Å². The van der Waals surface area contributed by atoms with Crippen LogP contribution in [0.4, 0.5) is 5.69 Å². The smallest absolute Gasteiger partial charge is 0.309 e. The number of ether oxygens (including phenoxy) is 1. The van der Waals surface area contributed by atoms with Crippen molar-refractivity contribution in [2.24, 2.45) is 11.8 Å². The Balaban J connectivity index is 2.14. The molecule has 1 N–H and O–H groups in total. The van der Waals surface area contributed by atoms with Crippen LogP contribution in [-0.4, -0.2) is 19.6 Å². The van der Waals surface area contributed by atoms with Crippen LogP contribution in [0.25, 0.3) is 0 Å². The summed E-state index contributed by atoms with van der Waals surface area (Å²) in [6, 6.07) is 6.44. The molecule has 0 saturated heterocycles. The van der Waals surface area contributed by atoms with Gasteiger partial charge in [0, 0.05) is 12.2 Å². The molecule has 0 aliphatic carbocycles. The van der Waals surface area contributed by atoms with E-state index in [1.807, 2.05) is 0 Å². The van der Waals surface area contributed by atoms with E-state index in [-0.39, 0.29) is 11.9 Å². The molecule has 1 aromatic rings. The number of methoxy groups -OCH3 is 1. The van der Waals surface area contributed by atoms with Gasteiger partial charge in [-0.25, -0.2) is 0 Å². The van der Waals surface area contributed by atoms with Crippen molar-refractivity contribution in [1.82, 2.24) is 0 Å². The highest BCUT2D eigenvalue weighted by Crippen LogP contribution is 2.26. The number of hydrogen-bond donors (Lipinski definition) is 1. The Morgan fingerprint density at radius 2 is 2.22 bits per heavy atom. The number of benzene rings is 1. The lowest BCUT2D eigenvalue weighted by atomic mass is 9.88. The van der Waals surface area contributed by atoms with Gasteiger partial charge >= 0.3 is 5.97 Å². The molecule has 1 heterocycles. The highest BCUT2D eigenvalue weighted by molar-refractivity contribution is 5.73. The Morgan fingerprint density at radius 1 is 1.44 bits per heavy atom. The molecule has 98 valence electrons. The van der Waals surface area contributed by atoms with Gasteiger partial charge in [0.25, 0.3) is 0 Å². The zero-order chi connectivity index (χ0) is 13.1. The third-order valence-electron chi connectivity index (χ3n) is 3.64. The first kappa shape index (κ1) is 12.9. The molecule has 1 aliphatic heterocycles. The molecule has 1 aliphatic rings. The second-order valence-corrected chi connectivity index (χ2v) is 5.25. The number of carbonyl (C=O) groups is 1. The molecule has 0 fully saturated rings. The van der Waals surface area contributed by atoms with Crippen molar-refractivity contribution in [3.05, 3.63) is 29.3 Å². The van der Waals surface area contributed by atoms with Crippen molar-refractivity contribution in [3.63, 3.8) is 0 Å². The maximum Gasteiger partial charge on any atom is 0.309 e. The zero-order valence-electron chi connectivity index (χ0n) is 11.3. The Bertz CT molecular complexity index is 440. The van der Waals surface area contributed by atoms with Crippen molar-refractivity contribution < 1.29 is 9.53 Å². The van der Waals surface area contributed by atoms with Gasteiger partial charge in [-0.15, -0.1) is 0 Å². The van der Waals surface area contributed by atoms with E-state index < -0.39 is 0 Å². The van der Waals surface area contributed by atoms with E-state index in [9.17, 15) is 4.79 Å². The van der Waals surface area contributed by atoms with Crippen molar-refractivity contribution in [3.8, 4) is 0 Å². The van der Waals surface area contributed by atoms with Crippen molar-refractivity contribution in [2.75, 3.05) is 19.0 Å². The van der Waals surface area contributed by atoms with Crippen LogP contribution >= 0.6 is 0 Å². The van der Waals surface area contributed by atoms with E-state index in [0.717, 1.165) is 19.4 Å². The first-order valence-electron chi connectivity index (χ1n) is 6.55. The molecule has 18 heavy (non-hydrogen) atoms. The lowest BCUT2D eigenvalue weighted by Crippen LogP contribution is -2.24. The number of nitrogens with one attached hydrogen (secondary N) is 1. The maximum atomic E-state index is 11.8. The van der Waals surface area contributed by atoms with Crippen LogP contribution < -0.4 is 5.32 Å². The molecular weight excluding hydrogens is 226 g/mol. The van der Waals surface area contributed by atoms with Crippen molar-refractivity contribution in [2.45, 2.75) is 26.7 Å². The molecule has 1 aromatic carbocycles. The normalized spacial score (nSPS) is 15.1. The minimum Gasteiger partial charge on any atom is -0.469 e. The molecule has 1 atom stereocenters. The predicted octanol–water partition coefficient (Wildman–Crippen LogP) is 2.64. The summed E-state index contributed by atoms with van der Waals surface area (Å²) in [6.07, 6.45) is 1.84. The molecular formula is C15H21NO2. The summed E-state index contributed by atoms with van der Waals surface area (Å²) in [4.78, 5) is 11.8. The molecule has 0 amide bonds. The van der Waals surface area contributed by atoms with E-state index in [0.29, 0.717) is 5.92 Å². The first-order valence-corrected chi connectivity index (χ1v) is 6.55. The third-order valence-corrected chi connectivity index (χ3v) is 3.64. The zero-order valence-corrected chi connectivity index (χ0v) is 11.3. The summed E-state index contributed by atoms with van der Waals surface area (Å²) in [7, 11) is 1.46. The quantitative estimate of drug-likeness (QED) is 0.831. The number of rotatable bonds is 4. The monoisotopic (exact) mass is 247 g/mol. The van der Waals surface area contributed by atoms with E-state index in [4.69, 9.17) is 4.74 Å². The summed E-state index contributed by atoms with van der Waals surface area (Å²) >= 11 is 0. The molecule has 0 spiro atoms. The summed E-state index contributed by atoms with van der Waals surface area (Å²) in [6.45, 7) is 5.15. The number of anilines is 1. The molecule has 0 saturated carbocycles. The molecule has 0 bridgehead atoms. The van der Waals surface area contributed by atoms with Crippen LogP contribution in [0.3, 0.4) is 0 Å². The maximum absolute atomic E-state index is 11.8. The fraction of sp³-hybridized carbons (Fsp3) is 0.533. The standard InChI is InChI=1S/C15H21NO2/c1-10(2)13(15(17)18-3)9-11-4-5-14-12(8-11)6-7-16-14/h4-5,8,10,13,16H,6-7,9H2,1-3H3. The van der Waals surface area contributed by atoms with Gasteiger partial charge in [-0.2, -0.15) is 0 Å². The van der Waals surface area contributed by atoms with E-state index >= 15 is 0 Å². The summed E-state index contributed by atoms with van der Waals surface area (Å²) in [5.74, 6) is 0.134. The van der Waals surface area contributed by atoms with Crippen molar-refractivity contribution >= 4 is 11.7 Å². The van der Waals surface area contributed by atoms with Crippen LogP contribution in [0.2, 0.25) is 0 Å². The highest BCUT2D eigenvalue weighted by Gasteiger charge is 2.23. The van der Waals surface area contributed by atoms with Gasteiger partial charge in [0.15, 0.2) is 0 Å². The Kier molecular flexibility index (Phi) is 3.90. The highest BCUT2D eigenvalue weighted by atomic mass is 16.5. The van der Waals surface area contributed by atoms with Gasteiger partial charge in [0.05, 0.1) is 13.0 Å². The molecule has 1 unspecified atom stereocenters. The van der Waals surface area contributed by atoms with E-state index in [1.54, 1.807) is 0 Å². The van der Waals surface area contributed by atoms with Gasteiger partial charge < -0.3 is 10.1 Å². The second-order valence-electron chi connectivity index (χ2n) is 5.25. The number of fused-ring (bicyclic) bond motifs is 1. The first-order chi connectivity index (χ1) is 8.61. The average Bonchev–Trinajstić information content (AvgIpc) is 2.82. The molecule has 0 radical (unpaired) electrons. The number of carbonyl (C=O) groups excluding carboxylic acids is 1. The number of hydrogen-bond acceptors (Lipinski definition) is 3. The summed E-state index contributed by atoms with van der Waals surface area (Å²) in [5.41, 5.74) is 3.82. The van der Waals surface area contributed by atoms with E-state index in [2.05, 4.69) is 37.4 Å². The lowest BCUT2D eigenvalue weighted by Gasteiger charge is -2.18. The van der Waals surface area contributed by atoms with Gasteiger partial charge in [-0.3, -0.25) is 4.79 Å². The SMILES string of the molecule is COC(=O)C(Cc1ccc2c(c1)CCN2)C(C)C. The molecule has 3 heteroatoms. The second kappa shape index (κ2) is 5.42. The minimum atomic E-state index is -0.108. The van der Waals surface area contributed by atoms with Gasteiger partial charge in [-0.1, -0.05) is 26.0 Å². The van der Waals surface area contributed by atoms with E-state index in [1.165, 1.54) is 23.9 Å². The molecule has 0 aromatic heterocycles. The fourth-order valence-electron chi connectivity index (χ4n) is 2.48. The lowest BCUT2D eigenvalue weighted by molar-refractivity contribution is -0.146. The minimum absolute atomic E-state index is 0.0533. The predicted molar refractivity (Wildman–Crippen MR) is 72.7 cm³/mol. The molecule has 3 nitrogen and oxygen atoms in total. The largest absolute Gasteiger partial charge is 0.469 e. The van der Waals surface area contributed by atoms with Crippen LogP contribution in [0.1, 0.15) is 25.0 Å².